The van der Waals surface area contributed by atoms with Crippen LogP contribution in [0, 0.1) is 5.41 Å². The van der Waals surface area contributed by atoms with Crippen LogP contribution >= 0.6 is 0 Å². The van der Waals surface area contributed by atoms with Crippen molar-refractivity contribution in [1.82, 2.24) is 5.32 Å². The Balaban J connectivity index is 2.74. The first-order chi connectivity index (χ1) is 9.69. The Morgan fingerprint density at radius 3 is 2.38 bits per heavy atom. The van der Waals surface area contributed by atoms with E-state index in [1.54, 1.807) is 7.11 Å². The fourth-order valence-corrected chi connectivity index (χ4v) is 2.28. The summed E-state index contributed by atoms with van der Waals surface area (Å²) in [5.41, 5.74) is 1.60. The maximum absolute atomic E-state index is 5.31. The highest BCUT2D eigenvalue weighted by molar-refractivity contribution is 5.50. The minimum absolute atomic E-state index is 0.158. The summed E-state index contributed by atoms with van der Waals surface area (Å²) in [5.74, 6) is 0.908. The van der Waals surface area contributed by atoms with Gasteiger partial charge in [-0.25, -0.2) is 0 Å². The zero-order valence-electron chi connectivity index (χ0n) is 14.8. The highest BCUT2D eigenvalue weighted by atomic mass is 16.5. The predicted molar refractivity (Wildman–Crippen MR) is 92.4 cm³/mol. The molecular formula is C18H32N2O. The third-order valence-corrected chi connectivity index (χ3v) is 4.01. The van der Waals surface area contributed by atoms with Gasteiger partial charge in [0.15, 0.2) is 0 Å². The van der Waals surface area contributed by atoms with Gasteiger partial charge in [-0.05, 0) is 44.7 Å². The van der Waals surface area contributed by atoms with Gasteiger partial charge in [-0.3, -0.25) is 0 Å². The normalized spacial score (nSPS) is 14.6. The lowest BCUT2D eigenvalue weighted by atomic mass is 9.86. The molecule has 0 fully saturated rings. The number of anilines is 1. The lowest BCUT2D eigenvalue weighted by Gasteiger charge is -2.37. The van der Waals surface area contributed by atoms with Crippen molar-refractivity contribution >= 4 is 5.69 Å². The molecule has 0 saturated heterocycles. The van der Waals surface area contributed by atoms with E-state index in [0.717, 1.165) is 25.3 Å². The molecule has 0 spiro atoms. The van der Waals surface area contributed by atoms with E-state index in [1.165, 1.54) is 5.69 Å². The van der Waals surface area contributed by atoms with E-state index < -0.39 is 0 Å². The number of rotatable bonds is 7. The zero-order chi connectivity index (χ0) is 16.1. The molecule has 0 amide bonds. The van der Waals surface area contributed by atoms with Crippen molar-refractivity contribution in [3.8, 4) is 5.75 Å². The van der Waals surface area contributed by atoms with Gasteiger partial charge in [0.25, 0.3) is 0 Å². The minimum Gasteiger partial charge on any atom is -0.497 e. The van der Waals surface area contributed by atoms with Crippen molar-refractivity contribution < 1.29 is 4.74 Å². The van der Waals surface area contributed by atoms with Gasteiger partial charge in [-0.1, -0.05) is 19.9 Å². The SMILES string of the molecule is CCC(C)(CNC(C)(C)C)CN(C)c1cccc(OC)c1. The average Bonchev–Trinajstić information content (AvgIpc) is 2.44. The third-order valence-electron chi connectivity index (χ3n) is 4.01. The summed E-state index contributed by atoms with van der Waals surface area (Å²) in [7, 11) is 3.86. The van der Waals surface area contributed by atoms with E-state index in [1.807, 2.05) is 12.1 Å². The molecule has 120 valence electrons. The molecule has 0 heterocycles. The second-order valence-corrected chi connectivity index (χ2v) is 7.33. The van der Waals surface area contributed by atoms with Crippen molar-refractivity contribution in [3.63, 3.8) is 0 Å². The largest absolute Gasteiger partial charge is 0.497 e. The molecule has 0 aliphatic carbocycles. The smallest absolute Gasteiger partial charge is 0.120 e. The van der Waals surface area contributed by atoms with Crippen LogP contribution in [0.5, 0.6) is 5.75 Å². The van der Waals surface area contributed by atoms with Gasteiger partial charge in [0.2, 0.25) is 0 Å². The fourth-order valence-electron chi connectivity index (χ4n) is 2.28. The number of ether oxygens (including phenoxy) is 1. The summed E-state index contributed by atoms with van der Waals surface area (Å²) in [6.45, 7) is 13.3. The quantitative estimate of drug-likeness (QED) is 0.824. The molecule has 1 aromatic rings. The first-order valence-corrected chi connectivity index (χ1v) is 7.79. The van der Waals surface area contributed by atoms with Gasteiger partial charge in [-0.15, -0.1) is 0 Å². The van der Waals surface area contributed by atoms with E-state index in [4.69, 9.17) is 4.74 Å². The molecule has 0 aliphatic heterocycles. The van der Waals surface area contributed by atoms with Crippen LogP contribution in [0.15, 0.2) is 24.3 Å². The van der Waals surface area contributed by atoms with Crippen LogP contribution in [0.4, 0.5) is 5.69 Å². The van der Waals surface area contributed by atoms with Crippen LogP contribution in [0.2, 0.25) is 0 Å². The topological polar surface area (TPSA) is 24.5 Å². The van der Waals surface area contributed by atoms with Crippen LogP contribution < -0.4 is 15.0 Å². The van der Waals surface area contributed by atoms with E-state index in [9.17, 15) is 0 Å². The van der Waals surface area contributed by atoms with Gasteiger partial charge < -0.3 is 15.0 Å². The molecule has 1 aromatic carbocycles. The van der Waals surface area contributed by atoms with Crippen LogP contribution in [0.1, 0.15) is 41.0 Å². The molecule has 0 bridgehead atoms. The number of methoxy groups -OCH3 is 1. The van der Waals surface area contributed by atoms with Crippen LogP contribution in [0.25, 0.3) is 0 Å². The van der Waals surface area contributed by atoms with Crippen molar-refractivity contribution in [1.29, 1.82) is 0 Å². The molecule has 0 radical (unpaired) electrons. The average molecular weight is 292 g/mol. The van der Waals surface area contributed by atoms with Gasteiger partial charge in [0, 0.05) is 37.4 Å². The monoisotopic (exact) mass is 292 g/mol. The second kappa shape index (κ2) is 7.17. The highest BCUT2D eigenvalue weighted by Crippen LogP contribution is 2.27. The number of hydrogen-bond donors (Lipinski definition) is 1. The molecule has 1 atom stereocenters. The van der Waals surface area contributed by atoms with E-state index in [2.05, 4.69) is 64.0 Å². The summed E-state index contributed by atoms with van der Waals surface area (Å²) in [5, 5.41) is 3.64. The molecule has 3 heteroatoms. The molecule has 1 N–H and O–H groups in total. The van der Waals surface area contributed by atoms with Crippen molar-refractivity contribution in [2.45, 2.75) is 46.6 Å². The highest BCUT2D eigenvalue weighted by Gasteiger charge is 2.26. The minimum atomic E-state index is 0.158. The van der Waals surface area contributed by atoms with Gasteiger partial charge in [0.1, 0.15) is 5.75 Å². The Kier molecular flexibility index (Phi) is 6.09. The zero-order valence-corrected chi connectivity index (χ0v) is 14.8. The third kappa shape index (κ3) is 5.96. The Morgan fingerprint density at radius 2 is 1.86 bits per heavy atom. The van der Waals surface area contributed by atoms with E-state index >= 15 is 0 Å². The van der Waals surface area contributed by atoms with Crippen molar-refractivity contribution in [2.24, 2.45) is 5.41 Å². The standard InChI is InChI=1S/C18H32N2O/c1-8-18(5,13-19-17(2,3)4)14-20(6)15-10-9-11-16(12-15)21-7/h9-12,19H,8,13-14H2,1-7H3. The lowest BCUT2D eigenvalue weighted by molar-refractivity contribution is 0.262. The number of nitrogens with zero attached hydrogens (tertiary/aromatic N) is 1. The Bertz CT molecular complexity index is 439. The Labute approximate surface area is 130 Å². The van der Waals surface area contributed by atoms with Crippen molar-refractivity contribution in [2.75, 3.05) is 32.1 Å². The maximum Gasteiger partial charge on any atom is 0.120 e. The maximum atomic E-state index is 5.31. The van der Waals surface area contributed by atoms with Crippen LogP contribution in [-0.2, 0) is 0 Å². The van der Waals surface area contributed by atoms with Gasteiger partial charge in [-0.2, -0.15) is 0 Å². The number of benzene rings is 1. The Hall–Kier alpha value is -1.22. The molecule has 1 unspecified atom stereocenters. The van der Waals surface area contributed by atoms with Crippen LogP contribution in [-0.4, -0.2) is 32.8 Å². The fraction of sp³-hybridized carbons (Fsp3) is 0.667. The number of hydrogen-bond acceptors (Lipinski definition) is 3. The molecule has 0 aliphatic rings. The predicted octanol–water partition coefficient (Wildman–Crippen LogP) is 3.94. The van der Waals surface area contributed by atoms with E-state index in [0.29, 0.717) is 0 Å². The second-order valence-electron chi connectivity index (χ2n) is 7.33. The van der Waals surface area contributed by atoms with Gasteiger partial charge >= 0.3 is 0 Å². The van der Waals surface area contributed by atoms with Gasteiger partial charge in [0.05, 0.1) is 7.11 Å². The summed E-state index contributed by atoms with van der Waals surface area (Å²) < 4.78 is 5.31. The number of nitrogens with one attached hydrogen (secondary N) is 1. The first kappa shape index (κ1) is 17.8. The molecule has 0 saturated carbocycles. The summed E-state index contributed by atoms with van der Waals surface area (Å²) in [6, 6.07) is 8.25. The van der Waals surface area contributed by atoms with Crippen molar-refractivity contribution in [3.05, 3.63) is 24.3 Å². The summed E-state index contributed by atoms with van der Waals surface area (Å²) in [4.78, 5) is 2.32. The summed E-state index contributed by atoms with van der Waals surface area (Å²) in [6.07, 6.45) is 1.14. The molecule has 3 nitrogen and oxygen atoms in total. The molecule has 1 rings (SSSR count). The lowest BCUT2D eigenvalue weighted by Crippen LogP contribution is -2.46. The molecule has 0 aromatic heterocycles. The van der Waals surface area contributed by atoms with E-state index in [-0.39, 0.29) is 11.0 Å². The molecular weight excluding hydrogens is 260 g/mol. The summed E-state index contributed by atoms with van der Waals surface area (Å²) >= 11 is 0. The first-order valence-electron chi connectivity index (χ1n) is 7.79. The van der Waals surface area contributed by atoms with Crippen LogP contribution in [0.3, 0.4) is 0 Å². The molecule has 21 heavy (non-hydrogen) atoms. The Morgan fingerprint density at radius 1 is 1.19 bits per heavy atom.